The lowest BCUT2D eigenvalue weighted by molar-refractivity contribution is -0.117. The molecule has 0 spiro atoms. The zero-order chi connectivity index (χ0) is 17.8. The molecule has 0 aliphatic carbocycles. The topological polar surface area (TPSA) is 57.7 Å². The zero-order valence-electron chi connectivity index (χ0n) is 14.8. The maximum atomic E-state index is 12.6. The van der Waals surface area contributed by atoms with E-state index in [-0.39, 0.29) is 5.91 Å². The molecule has 0 radical (unpaired) electrons. The third-order valence-corrected chi connectivity index (χ3v) is 5.87. The number of para-hydroxylation sites is 1. The van der Waals surface area contributed by atoms with Crippen LogP contribution in [0, 0.1) is 0 Å². The Kier molecular flexibility index (Phi) is 5.48. The van der Waals surface area contributed by atoms with Gasteiger partial charge in [0.2, 0.25) is 5.91 Å². The van der Waals surface area contributed by atoms with Gasteiger partial charge >= 0.3 is 0 Å². The molecule has 2 aliphatic heterocycles. The third kappa shape index (κ3) is 3.90. The van der Waals surface area contributed by atoms with Crippen molar-refractivity contribution in [2.24, 2.45) is 0 Å². The highest BCUT2D eigenvalue weighted by Gasteiger charge is 2.21. The van der Waals surface area contributed by atoms with E-state index in [0.717, 1.165) is 61.4 Å². The summed E-state index contributed by atoms with van der Waals surface area (Å²) < 4.78 is 5.38. The number of fused-ring (bicyclic) bond motifs is 1. The van der Waals surface area contributed by atoms with Gasteiger partial charge in [-0.1, -0.05) is 18.2 Å². The van der Waals surface area contributed by atoms with Gasteiger partial charge in [-0.05, 0) is 24.5 Å². The van der Waals surface area contributed by atoms with Gasteiger partial charge in [0.15, 0.2) is 5.13 Å². The maximum Gasteiger partial charge on any atom is 0.240 e. The second kappa shape index (κ2) is 8.16. The molecule has 0 atom stereocenters. The Morgan fingerprint density at radius 2 is 2.08 bits per heavy atom. The van der Waals surface area contributed by atoms with Crippen LogP contribution in [0.1, 0.15) is 16.9 Å². The molecule has 2 aliphatic rings. The first-order chi connectivity index (χ1) is 12.8. The second-order valence-corrected chi connectivity index (χ2v) is 7.68. The van der Waals surface area contributed by atoms with E-state index in [1.807, 2.05) is 29.3 Å². The van der Waals surface area contributed by atoms with Crippen molar-refractivity contribution in [1.29, 1.82) is 0 Å². The minimum Gasteiger partial charge on any atom is -0.378 e. The summed E-state index contributed by atoms with van der Waals surface area (Å²) in [5, 5.41) is 4.32. The number of ether oxygens (including phenoxy) is 1. The van der Waals surface area contributed by atoms with Crippen molar-refractivity contribution in [3.8, 4) is 0 Å². The molecule has 138 valence electrons. The highest BCUT2D eigenvalue weighted by molar-refractivity contribution is 7.15. The van der Waals surface area contributed by atoms with Crippen molar-refractivity contribution in [2.75, 3.05) is 49.2 Å². The Morgan fingerprint density at radius 1 is 1.23 bits per heavy atom. The molecule has 0 unspecified atom stereocenters. The van der Waals surface area contributed by atoms with E-state index in [2.05, 4.69) is 21.3 Å². The Morgan fingerprint density at radius 3 is 2.96 bits per heavy atom. The lowest BCUT2D eigenvalue weighted by Crippen LogP contribution is -2.40. The van der Waals surface area contributed by atoms with Gasteiger partial charge in [-0.3, -0.25) is 4.79 Å². The van der Waals surface area contributed by atoms with Gasteiger partial charge in [0.05, 0.1) is 19.8 Å². The van der Waals surface area contributed by atoms with Gasteiger partial charge < -0.3 is 19.9 Å². The number of benzene rings is 1. The average molecular weight is 372 g/mol. The summed E-state index contributed by atoms with van der Waals surface area (Å²) in [6, 6.07) is 8.21. The first-order valence-corrected chi connectivity index (χ1v) is 9.99. The molecule has 4 rings (SSSR count). The fraction of sp³-hybridized carbons (Fsp3) is 0.474. The third-order valence-electron chi connectivity index (χ3n) is 4.81. The van der Waals surface area contributed by atoms with E-state index >= 15 is 0 Å². The monoisotopic (exact) mass is 372 g/mol. The van der Waals surface area contributed by atoms with Crippen LogP contribution in [0.15, 0.2) is 30.5 Å². The molecule has 1 fully saturated rings. The van der Waals surface area contributed by atoms with Crippen molar-refractivity contribution in [3.05, 3.63) is 40.9 Å². The van der Waals surface area contributed by atoms with E-state index in [0.29, 0.717) is 13.1 Å². The van der Waals surface area contributed by atoms with Gasteiger partial charge in [0.25, 0.3) is 0 Å². The number of rotatable bonds is 5. The predicted octanol–water partition coefficient (Wildman–Crippen LogP) is 2.05. The van der Waals surface area contributed by atoms with Crippen LogP contribution in [0.4, 0.5) is 10.8 Å². The molecule has 0 saturated carbocycles. The molecule has 3 heterocycles. The van der Waals surface area contributed by atoms with E-state index < -0.39 is 0 Å². The van der Waals surface area contributed by atoms with Crippen LogP contribution in [0.25, 0.3) is 0 Å². The van der Waals surface area contributed by atoms with E-state index in [1.54, 1.807) is 11.3 Å². The lowest BCUT2D eigenvalue weighted by Gasteiger charge is -2.29. The van der Waals surface area contributed by atoms with Crippen LogP contribution >= 0.6 is 11.3 Å². The second-order valence-electron chi connectivity index (χ2n) is 6.59. The number of amides is 1. The van der Waals surface area contributed by atoms with Crippen LogP contribution in [-0.2, 0) is 22.5 Å². The maximum absolute atomic E-state index is 12.6. The molecular formula is C19H24N4O2S. The minimum absolute atomic E-state index is 0.134. The summed E-state index contributed by atoms with van der Waals surface area (Å²) in [7, 11) is 0. The Hall–Kier alpha value is -1.96. The number of thiazole rings is 1. The molecule has 1 saturated heterocycles. The molecular weight excluding hydrogens is 348 g/mol. The molecule has 26 heavy (non-hydrogen) atoms. The lowest BCUT2D eigenvalue weighted by atomic mass is 10.0. The van der Waals surface area contributed by atoms with Crippen LogP contribution in [0.3, 0.4) is 0 Å². The molecule has 1 amide bonds. The zero-order valence-corrected chi connectivity index (χ0v) is 15.6. The molecule has 1 N–H and O–H groups in total. The van der Waals surface area contributed by atoms with Crippen molar-refractivity contribution in [3.63, 3.8) is 0 Å². The Bertz CT molecular complexity index is 758. The summed E-state index contributed by atoms with van der Waals surface area (Å²) in [5.41, 5.74) is 2.34. The summed E-state index contributed by atoms with van der Waals surface area (Å²) in [6.07, 6.45) is 3.99. The number of hydrogen-bond donors (Lipinski definition) is 1. The highest BCUT2D eigenvalue weighted by Crippen LogP contribution is 2.26. The van der Waals surface area contributed by atoms with Crippen LogP contribution < -0.4 is 15.1 Å². The number of anilines is 2. The number of carbonyl (C=O) groups is 1. The number of morpholine rings is 1. The molecule has 1 aromatic heterocycles. The van der Waals surface area contributed by atoms with Crippen molar-refractivity contribution >= 4 is 28.1 Å². The minimum atomic E-state index is 0.134. The average Bonchev–Trinajstić information content (AvgIpc) is 3.17. The van der Waals surface area contributed by atoms with Gasteiger partial charge in [-0.2, -0.15) is 0 Å². The number of nitrogens with one attached hydrogen (secondary N) is 1. The predicted molar refractivity (Wildman–Crippen MR) is 104 cm³/mol. The van der Waals surface area contributed by atoms with E-state index in [4.69, 9.17) is 4.74 Å². The van der Waals surface area contributed by atoms with Crippen molar-refractivity contribution in [1.82, 2.24) is 10.3 Å². The SMILES string of the molecule is O=C(CNCc1cnc(N2CCOCC2)s1)N1CCCc2ccccc21. The van der Waals surface area contributed by atoms with Crippen LogP contribution in [-0.4, -0.2) is 50.3 Å². The fourth-order valence-electron chi connectivity index (χ4n) is 3.46. The van der Waals surface area contributed by atoms with Gasteiger partial charge in [-0.15, -0.1) is 11.3 Å². The van der Waals surface area contributed by atoms with Crippen molar-refractivity contribution in [2.45, 2.75) is 19.4 Å². The van der Waals surface area contributed by atoms with E-state index in [1.165, 1.54) is 5.56 Å². The van der Waals surface area contributed by atoms with Crippen molar-refractivity contribution < 1.29 is 9.53 Å². The van der Waals surface area contributed by atoms with Crippen LogP contribution in [0.2, 0.25) is 0 Å². The summed E-state index contributed by atoms with van der Waals surface area (Å²) >= 11 is 1.69. The standard InChI is InChI=1S/C19H24N4O2S/c24-18(23-7-3-5-15-4-1-2-6-17(15)23)14-20-12-16-13-21-19(26-16)22-8-10-25-11-9-22/h1-2,4,6,13,20H,3,5,7-12,14H2. The summed E-state index contributed by atoms with van der Waals surface area (Å²) in [4.78, 5) is 22.5. The summed E-state index contributed by atoms with van der Waals surface area (Å²) in [6.45, 7) is 5.14. The van der Waals surface area contributed by atoms with Gasteiger partial charge in [0, 0.05) is 42.9 Å². The fourth-order valence-corrected chi connectivity index (χ4v) is 4.39. The van der Waals surface area contributed by atoms with Gasteiger partial charge in [0.1, 0.15) is 0 Å². The quantitative estimate of drug-likeness (QED) is 0.871. The molecule has 2 aromatic rings. The molecule has 6 nitrogen and oxygen atoms in total. The largest absolute Gasteiger partial charge is 0.378 e. The first kappa shape index (κ1) is 17.5. The van der Waals surface area contributed by atoms with E-state index in [9.17, 15) is 4.79 Å². The molecule has 0 bridgehead atoms. The van der Waals surface area contributed by atoms with Crippen LogP contribution in [0.5, 0.6) is 0 Å². The summed E-state index contributed by atoms with van der Waals surface area (Å²) in [5.74, 6) is 0.134. The number of carbonyl (C=O) groups excluding carboxylic acids is 1. The Labute approximate surface area is 157 Å². The number of hydrogen-bond acceptors (Lipinski definition) is 6. The van der Waals surface area contributed by atoms with Gasteiger partial charge in [-0.25, -0.2) is 4.98 Å². The number of aryl methyl sites for hydroxylation is 1. The number of aromatic nitrogens is 1. The number of nitrogens with zero attached hydrogens (tertiary/aromatic N) is 3. The highest BCUT2D eigenvalue weighted by atomic mass is 32.1. The Balaban J connectivity index is 1.30. The first-order valence-electron chi connectivity index (χ1n) is 9.17. The smallest absolute Gasteiger partial charge is 0.240 e. The molecule has 1 aromatic carbocycles. The normalized spacial score (nSPS) is 17.2. The molecule has 7 heteroatoms.